The summed E-state index contributed by atoms with van der Waals surface area (Å²) in [5.41, 5.74) is 0. The van der Waals surface area contributed by atoms with Crippen molar-refractivity contribution in [1.82, 2.24) is 15.5 Å². The van der Waals surface area contributed by atoms with E-state index in [1.807, 2.05) is 6.92 Å². The summed E-state index contributed by atoms with van der Waals surface area (Å²) in [6.45, 7) is 6.11. The molecule has 3 amide bonds. The van der Waals surface area contributed by atoms with Crippen molar-refractivity contribution < 1.29 is 19.5 Å². The number of urea groups is 1. The summed E-state index contributed by atoms with van der Waals surface area (Å²) in [5.74, 6) is -1.33. The van der Waals surface area contributed by atoms with Gasteiger partial charge in [-0.3, -0.25) is 4.79 Å². The first kappa shape index (κ1) is 17.2. The maximum atomic E-state index is 11.9. The van der Waals surface area contributed by atoms with Gasteiger partial charge < -0.3 is 20.6 Å². The number of nitrogens with one attached hydrogen (secondary N) is 2. The van der Waals surface area contributed by atoms with Crippen molar-refractivity contribution in [3.05, 3.63) is 0 Å². The van der Waals surface area contributed by atoms with Gasteiger partial charge in [0.25, 0.3) is 0 Å². The van der Waals surface area contributed by atoms with Gasteiger partial charge in [-0.25, -0.2) is 9.59 Å². The highest BCUT2D eigenvalue weighted by molar-refractivity contribution is 5.86. The molecule has 0 fully saturated rings. The Kier molecular flexibility index (Phi) is 8.32. The van der Waals surface area contributed by atoms with Gasteiger partial charge in [-0.2, -0.15) is 0 Å². The van der Waals surface area contributed by atoms with E-state index in [0.717, 1.165) is 0 Å². The van der Waals surface area contributed by atoms with Crippen molar-refractivity contribution in [2.45, 2.75) is 39.7 Å². The number of nitrogens with zero attached hydrogens (tertiary/aromatic N) is 1. The van der Waals surface area contributed by atoms with Gasteiger partial charge in [0.2, 0.25) is 5.91 Å². The van der Waals surface area contributed by atoms with Crippen LogP contribution in [0.4, 0.5) is 4.79 Å². The summed E-state index contributed by atoms with van der Waals surface area (Å²) >= 11 is 0. The second-order valence-electron chi connectivity index (χ2n) is 4.10. The lowest BCUT2D eigenvalue weighted by Gasteiger charge is -2.23. The molecule has 0 aromatic rings. The molecular formula is C12H23N3O4. The number of carboxylic acids is 1. The highest BCUT2D eigenvalue weighted by Gasteiger charge is 2.22. The van der Waals surface area contributed by atoms with E-state index in [1.54, 1.807) is 13.8 Å². The average Bonchev–Trinajstić information content (AvgIpc) is 2.35. The quantitative estimate of drug-likeness (QED) is 0.596. The zero-order valence-corrected chi connectivity index (χ0v) is 11.7. The van der Waals surface area contributed by atoms with Gasteiger partial charge in [-0.1, -0.05) is 13.3 Å². The van der Waals surface area contributed by atoms with E-state index in [9.17, 15) is 14.4 Å². The van der Waals surface area contributed by atoms with E-state index in [-0.39, 0.29) is 12.5 Å². The number of rotatable bonds is 8. The number of likely N-dealkylation sites (N-methyl/N-ethyl adjacent to an activating group) is 2. The lowest BCUT2D eigenvalue weighted by atomic mass is 10.2. The minimum absolute atomic E-state index is 0.0748. The van der Waals surface area contributed by atoms with E-state index >= 15 is 0 Å². The summed E-state index contributed by atoms with van der Waals surface area (Å²) in [6.07, 6.45) is 1.01. The average molecular weight is 273 g/mol. The van der Waals surface area contributed by atoms with Crippen LogP contribution >= 0.6 is 0 Å². The van der Waals surface area contributed by atoms with Crippen LogP contribution in [-0.2, 0) is 9.59 Å². The van der Waals surface area contributed by atoms with Gasteiger partial charge in [-0.15, -0.1) is 0 Å². The van der Waals surface area contributed by atoms with Crippen LogP contribution in [0.2, 0.25) is 0 Å². The Hall–Kier alpha value is -1.79. The van der Waals surface area contributed by atoms with Crippen LogP contribution in [-0.4, -0.2) is 53.6 Å². The Morgan fingerprint density at radius 1 is 1.21 bits per heavy atom. The number of carbonyl (C=O) groups is 3. The van der Waals surface area contributed by atoms with Crippen LogP contribution in [0.25, 0.3) is 0 Å². The summed E-state index contributed by atoms with van der Waals surface area (Å²) in [6, 6.07) is -1.45. The maximum absolute atomic E-state index is 11.9. The first-order chi connectivity index (χ1) is 8.96. The van der Waals surface area contributed by atoms with Crippen LogP contribution in [0.15, 0.2) is 0 Å². The highest BCUT2D eigenvalue weighted by atomic mass is 16.4. The zero-order chi connectivity index (χ0) is 14.8. The monoisotopic (exact) mass is 273 g/mol. The third-order valence-corrected chi connectivity index (χ3v) is 2.55. The molecule has 0 heterocycles. The number of hydrogen-bond donors (Lipinski definition) is 3. The third kappa shape index (κ3) is 6.64. The molecule has 0 saturated carbocycles. The molecule has 0 radical (unpaired) electrons. The minimum atomic E-state index is -1.07. The lowest BCUT2D eigenvalue weighted by molar-refractivity contribution is -0.139. The van der Waals surface area contributed by atoms with Gasteiger partial charge in [0.1, 0.15) is 12.6 Å². The van der Waals surface area contributed by atoms with Gasteiger partial charge in [0.05, 0.1) is 0 Å². The third-order valence-electron chi connectivity index (χ3n) is 2.55. The zero-order valence-electron chi connectivity index (χ0n) is 11.7. The van der Waals surface area contributed by atoms with Gasteiger partial charge in [0, 0.05) is 13.1 Å². The largest absolute Gasteiger partial charge is 0.480 e. The Morgan fingerprint density at radius 2 is 1.84 bits per heavy atom. The Labute approximate surface area is 113 Å². The van der Waals surface area contributed by atoms with Crippen LogP contribution in [0.5, 0.6) is 0 Å². The fourth-order valence-electron chi connectivity index (χ4n) is 1.54. The Bertz CT molecular complexity index is 320. The normalized spacial score (nSPS) is 11.5. The Balaban J connectivity index is 4.48. The molecule has 7 heteroatoms. The minimum Gasteiger partial charge on any atom is -0.480 e. The van der Waals surface area contributed by atoms with Crippen molar-refractivity contribution in [1.29, 1.82) is 0 Å². The van der Waals surface area contributed by atoms with Crippen LogP contribution in [0, 0.1) is 0 Å². The van der Waals surface area contributed by atoms with E-state index in [2.05, 4.69) is 10.6 Å². The van der Waals surface area contributed by atoms with Crippen molar-refractivity contribution in [2.75, 3.05) is 19.6 Å². The second kappa shape index (κ2) is 9.18. The number of carbonyl (C=O) groups excluding carboxylic acids is 2. The molecule has 0 saturated heterocycles. The van der Waals surface area contributed by atoms with Crippen LogP contribution in [0.3, 0.4) is 0 Å². The van der Waals surface area contributed by atoms with E-state index in [4.69, 9.17) is 5.11 Å². The summed E-state index contributed by atoms with van der Waals surface area (Å²) in [5, 5.41) is 14.0. The van der Waals surface area contributed by atoms with E-state index in [1.165, 1.54) is 4.90 Å². The first-order valence-corrected chi connectivity index (χ1v) is 6.51. The molecule has 1 atom stereocenters. The molecule has 0 aromatic heterocycles. The maximum Gasteiger partial charge on any atom is 0.326 e. The standard InChI is InChI=1S/C12H23N3O4/c1-4-7-9(11(17)18)14-12(19)15(6-3)8-10(16)13-5-2/h9H,4-8H2,1-3H3,(H,13,16)(H,14,19)(H,17,18)/t9-/m0/s1. The molecular weight excluding hydrogens is 250 g/mol. The molecule has 0 aromatic carbocycles. The fourth-order valence-corrected chi connectivity index (χ4v) is 1.54. The topological polar surface area (TPSA) is 98.7 Å². The van der Waals surface area contributed by atoms with Crippen molar-refractivity contribution in [2.24, 2.45) is 0 Å². The molecule has 3 N–H and O–H groups in total. The molecule has 0 spiro atoms. The summed E-state index contributed by atoms with van der Waals surface area (Å²) in [4.78, 5) is 35.5. The van der Waals surface area contributed by atoms with Gasteiger partial charge >= 0.3 is 12.0 Å². The van der Waals surface area contributed by atoms with E-state index in [0.29, 0.717) is 25.9 Å². The summed E-state index contributed by atoms with van der Waals surface area (Å²) < 4.78 is 0. The molecule has 7 nitrogen and oxygen atoms in total. The van der Waals surface area contributed by atoms with Crippen molar-refractivity contribution in [3.63, 3.8) is 0 Å². The molecule has 110 valence electrons. The molecule has 0 rings (SSSR count). The Morgan fingerprint density at radius 3 is 2.26 bits per heavy atom. The number of carboxylic acid groups (broad SMARTS) is 1. The first-order valence-electron chi connectivity index (χ1n) is 6.51. The summed E-state index contributed by atoms with van der Waals surface area (Å²) in [7, 11) is 0. The van der Waals surface area contributed by atoms with E-state index < -0.39 is 18.0 Å². The fraction of sp³-hybridized carbons (Fsp3) is 0.750. The predicted molar refractivity (Wildman–Crippen MR) is 70.8 cm³/mol. The molecule has 0 aliphatic heterocycles. The lowest BCUT2D eigenvalue weighted by Crippen LogP contribution is -2.50. The molecule has 0 unspecified atom stereocenters. The van der Waals surface area contributed by atoms with Crippen LogP contribution < -0.4 is 10.6 Å². The number of amides is 3. The molecule has 19 heavy (non-hydrogen) atoms. The predicted octanol–water partition coefficient (Wildman–Crippen LogP) is 0.407. The number of aliphatic carboxylic acids is 1. The van der Waals surface area contributed by atoms with Gasteiger partial charge in [0.15, 0.2) is 0 Å². The molecule has 0 aliphatic carbocycles. The van der Waals surface area contributed by atoms with Gasteiger partial charge in [-0.05, 0) is 20.3 Å². The highest BCUT2D eigenvalue weighted by Crippen LogP contribution is 1.99. The smallest absolute Gasteiger partial charge is 0.326 e. The van der Waals surface area contributed by atoms with Crippen LogP contribution in [0.1, 0.15) is 33.6 Å². The molecule has 0 aliphatic rings. The molecule has 0 bridgehead atoms. The number of hydrogen-bond acceptors (Lipinski definition) is 3. The SMILES string of the molecule is CCC[C@H](NC(=O)N(CC)CC(=O)NCC)C(=O)O. The van der Waals surface area contributed by atoms with Crippen molar-refractivity contribution >= 4 is 17.9 Å². The van der Waals surface area contributed by atoms with Crippen molar-refractivity contribution in [3.8, 4) is 0 Å². The second-order valence-corrected chi connectivity index (χ2v) is 4.10.